The zero-order valence-electron chi connectivity index (χ0n) is 13.3. The summed E-state index contributed by atoms with van der Waals surface area (Å²) in [6, 6.07) is 16.9. The fourth-order valence-corrected chi connectivity index (χ4v) is 2.85. The molecule has 0 aliphatic carbocycles. The Morgan fingerprint density at radius 1 is 0.962 bits per heavy atom. The normalized spacial score (nSPS) is 11.5. The van der Waals surface area contributed by atoms with E-state index in [1.807, 2.05) is 36.4 Å². The highest BCUT2D eigenvalue weighted by Gasteiger charge is 2.12. The molecule has 1 heterocycles. The van der Waals surface area contributed by atoms with Crippen molar-refractivity contribution in [3.63, 3.8) is 0 Å². The third kappa shape index (κ3) is 3.47. The Hall–Kier alpha value is -2.69. The van der Waals surface area contributed by atoms with Crippen molar-refractivity contribution in [2.75, 3.05) is 0 Å². The molecule has 0 atom stereocenters. The molecule has 0 spiro atoms. The van der Waals surface area contributed by atoms with Crippen LogP contribution >= 0.6 is 23.2 Å². The Morgan fingerprint density at radius 2 is 1.77 bits per heavy atom. The first-order chi connectivity index (χ1) is 12.6. The Bertz CT molecular complexity index is 1120. The fraction of sp³-hybridized carbons (Fsp3) is 0. The van der Waals surface area contributed by atoms with Crippen LogP contribution < -0.4 is 0 Å². The summed E-state index contributed by atoms with van der Waals surface area (Å²) >= 11 is 12.0. The SMILES string of the molecule is Fc1ccc(-c2nc3cc(N=Cc4ccc(Cl)cc4)ccc3o2)c(Cl)c1. The maximum Gasteiger partial charge on any atom is 0.228 e. The summed E-state index contributed by atoms with van der Waals surface area (Å²) < 4.78 is 18.9. The molecule has 1 aromatic heterocycles. The number of rotatable bonds is 3. The van der Waals surface area contributed by atoms with Crippen LogP contribution in [0.4, 0.5) is 10.1 Å². The number of oxazole rings is 1. The van der Waals surface area contributed by atoms with E-state index in [4.69, 9.17) is 27.6 Å². The summed E-state index contributed by atoms with van der Waals surface area (Å²) in [6.45, 7) is 0. The van der Waals surface area contributed by atoms with Crippen LogP contribution in [-0.2, 0) is 0 Å². The van der Waals surface area contributed by atoms with Crippen LogP contribution in [0.25, 0.3) is 22.6 Å². The maximum atomic E-state index is 13.2. The Kier molecular flexibility index (Phi) is 4.45. The molecular formula is C20H11Cl2FN2O. The molecule has 26 heavy (non-hydrogen) atoms. The van der Waals surface area contributed by atoms with Crippen molar-refractivity contribution in [3.8, 4) is 11.5 Å². The summed E-state index contributed by atoms with van der Waals surface area (Å²) in [5.74, 6) is -0.0717. The van der Waals surface area contributed by atoms with Crippen molar-refractivity contribution in [1.29, 1.82) is 0 Å². The van der Waals surface area contributed by atoms with Crippen molar-refractivity contribution in [1.82, 2.24) is 4.98 Å². The van der Waals surface area contributed by atoms with Crippen molar-refractivity contribution < 1.29 is 8.81 Å². The van der Waals surface area contributed by atoms with Gasteiger partial charge < -0.3 is 4.42 Å². The lowest BCUT2D eigenvalue weighted by Crippen LogP contribution is -1.81. The average Bonchev–Trinajstić information content (AvgIpc) is 3.04. The minimum atomic E-state index is -0.409. The largest absolute Gasteiger partial charge is 0.436 e. The topological polar surface area (TPSA) is 38.4 Å². The third-order valence-electron chi connectivity index (χ3n) is 3.77. The molecule has 0 aliphatic rings. The summed E-state index contributed by atoms with van der Waals surface area (Å²) in [4.78, 5) is 8.88. The first-order valence-electron chi connectivity index (χ1n) is 7.74. The van der Waals surface area contributed by atoms with Crippen molar-refractivity contribution in [3.05, 3.63) is 82.1 Å². The number of hydrogen-bond acceptors (Lipinski definition) is 3. The zero-order chi connectivity index (χ0) is 18.1. The summed E-state index contributed by atoms with van der Waals surface area (Å²) in [7, 11) is 0. The predicted octanol–water partition coefficient (Wildman–Crippen LogP) is 6.69. The van der Waals surface area contributed by atoms with Gasteiger partial charge in [-0.15, -0.1) is 0 Å². The highest BCUT2D eigenvalue weighted by atomic mass is 35.5. The number of benzene rings is 3. The molecule has 0 saturated carbocycles. The van der Waals surface area contributed by atoms with Gasteiger partial charge in [0.2, 0.25) is 5.89 Å². The van der Waals surface area contributed by atoms with Gasteiger partial charge in [0.1, 0.15) is 11.3 Å². The van der Waals surface area contributed by atoms with Crippen LogP contribution in [0.2, 0.25) is 10.0 Å². The third-order valence-corrected chi connectivity index (χ3v) is 4.33. The molecule has 3 nitrogen and oxygen atoms in total. The molecular weight excluding hydrogens is 374 g/mol. The van der Waals surface area contributed by atoms with Crippen LogP contribution in [0.5, 0.6) is 0 Å². The van der Waals surface area contributed by atoms with Gasteiger partial charge in [0.25, 0.3) is 0 Å². The van der Waals surface area contributed by atoms with Gasteiger partial charge in [0, 0.05) is 11.2 Å². The van der Waals surface area contributed by atoms with Gasteiger partial charge in [-0.05, 0) is 54.1 Å². The molecule has 0 fully saturated rings. The molecule has 128 valence electrons. The second-order valence-electron chi connectivity index (χ2n) is 5.60. The second kappa shape index (κ2) is 6.90. The van der Waals surface area contributed by atoms with Gasteiger partial charge in [-0.1, -0.05) is 35.3 Å². The minimum Gasteiger partial charge on any atom is -0.436 e. The molecule has 0 N–H and O–H groups in total. The molecule has 0 bridgehead atoms. The van der Waals surface area contributed by atoms with Crippen LogP contribution in [0.3, 0.4) is 0 Å². The van der Waals surface area contributed by atoms with Gasteiger partial charge in [0.15, 0.2) is 5.58 Å². The van der Waals surface area contributed by atoms with E-state index in [2.05, 4.69) is 9.98 Å². The number of fused-ring (bicyclic) bond motifs is 1. The lowest BCUT2D eigenvalue weighted by atomic mass is 10.2. The van der Waals surface area contributed by atoms with Gasteiger partial charge >= 0.3 is 0 Å². The van der Waals surface area contributed by atoms with E-state index in [0.29, 0.717) is 27.6 Å². The quantitative estimate of drug-likeness (QED) is 0.369. The summed E-state index contributed by atoms with van der Waals surface area (Å²) in [5.41, 5.74) is 3.46. The number of aliphatic imine (C=N–C) groups is 1. The number of halogens is 3. The van der Waals surface area contributed by atoms with E-state index in [1.165, 1.54) is 12.1 Å². The molecule has 0 saturated heterocycles. The first kappa shape index (κ1) is 16.8. The number of nitrogens with zero attached hydrogens (tertiary/aromatic N) is 2. The molecule has 0 unspecified atom stereocenters. The standard InChI is InChI=1S/C20H11Cl2FN2O/c21-13-3-1-12(2-4-13)11-24-15-6-8-19-18(10-15)25-20(26-19)16-7-5-14(23)9-17(16)22/h1-11H. The second-order valence-corrected chi connectivity index (χ2v) is 6.45. The van der Waals surface area contributed by atoms with Gasteiger partial charge in [0.05, 0.1) is 16.3 Å². The van der Waals surface area contributed by atoms with Crippen LogP contribution in [0, 0.1) is 5.82 Å². The van der Waals surface area contributed by atoms with Gasteiger partial charge in [-0.3, -0.25) is 4.99 Å². The molecule has 0 amide bonds. The van der Waals surface area contributed by atoms with E-state index in [9.17, 15) is 4.39 Å². The smallest absolute Gasteiger partial charge is 0.228 e. The average molecular weight is 385 g/mol. The zero-order valence-corrected chi connectivity index (χ0v) is 14.8. The molecule has 0 aliphatic heterocycles. The highest BCUT2D eigenvalue weighted by molar-refractivity contribution is 6.33. The van der Waals surface area contributed by atoms with E-state index in [0.717, 1.165) is 11.3 Å². The first-order valence-corrected chi connectivity index (χ1v) is 8.50. The fourth-order valence-electron chi connectivity index (χ4n) is 2.47. The highest BCUT2D eigenvalue weighted by Crippen LogP contribution is 2.31. The van der Waals surface area contributed by atoms with E-state index in [-0.39, 0.29) is 5.02 Å². The Morgan fingerprint density at radius 3 is 2.54 bits per heavy atom. The number of hydrogen-bond donors (Lipinski definition) is 0. The molecule has 3 aromatic carbocycles. The Labute approximate surface area is 158 Å². The van der Waals surface area contributed by atoms with E-state index < -0.39 is 5.82 Å². The van der Waals surface area contributed by atoms with Crippen molar-refractivity contribution >= 4 is 46.2 Å². The molecule has 0 radical (unpaired) electrons. The lowest BCUT2D eigenvalue weighted by Gasteiger charge is -1.98. The van der Waals surface area contributed by atoms with E-state index in [1.54, 1.807) is 18.3 Å². The summed E-state index contributed by atoms with van der Waals surface area (Å²) in [5, 5.41) is 0.927. The minimum absolute atomic E-state index is 0.248. The van der Waals surface area contributed by atoms with Crippen LogP contribution in [0.15, 0.2) is 70.1 Å². The predicted molar refractivity (Wildman–Crippen MR) is 103 cm³/mol. The maximum absolute atomic E-state index is 13.2. The monoisotopic (exact) mass is 384 g/mol. The van der Waals surface area contributed by atoms with Crippen LogP contribution in [-0.4, -0.2) is 11.2 Å². The molecule has 6 heteroatoms. The molecule has 4 aromatic rings. The summed E-state index contributed by atoms with van der Waals surface area (Å²) in [6.07, 6.45) is 1.75. The van der Waals surface area contributed by atoms with Gasteiger partial charge in [-0.25, -0.2) is 9.37 Å². The number of aromatic nitrogens is 1. The molecule has 4 rings (SSSR count). The van der Waals surface area contributed by atoms with Crippen molar-refractivity contribution in [2.45, 2.75) is 0 Å². The van der Waals surface area contributed by atoms with Crippen LogP contribution in [0.1, 0.15) is 5.56 Å². The lowest BCUT2D eigenvalue weighted by molar-refractivity contribution is 0.616. The van der Waals surface area contributed by atoms with Gasteiger partial charge in [-0.2, -0.15) is 0 Å². The Balaban J connectivity index is 1.66. The van der Waals surface area contributed by atoms with E-state index >= 15 is 0 Å². The van der Waals surface area contributed by atoms with Crippen molar-refractivity contribution in [2.24, 2.45) is 4.99 Å².